The average Bonchev–Trinajstić information content (AvgIpc) is 3.05. The first kappa shape index (κ1) is 11.8. The summed E-state index contributed by atoms with van der Waals surface area (Å²) >= 11 is 0. The van der Waals surface area contributed by atoms with Gasteiger partial charge in [-0.1, -0.05) is 0 Å². The van der Waals surface area contributed by atoms with Crippen molar-refractivity contribution in [3.63, 3.8) is 0 Å². The van der Waals surface area contributed by atoms with Gasteiger partial charge >= 0.3 is 0 Å². The highest BCUT2D eigenvalue weighted by molar-refractivity contribution is 5.51. The zero-order chi connectivity index (χ0) is 13.1. The minimum Gasteiger partial charge on any atom is -0.507 e. The molecule has 1 aliphatic rings. The molecule has 1 aromatic heterocycles. The number of aromatic amines is 1. The third-order valence-corrected chi connectivity index (χ3v) is 2.89. The number of H-pyrrole nitrogens is 1. The third kappa shape index (κ3) is 2.60. The molecular formula is C12H14N4O3. The molecule has 0 unspecified atom stereocenters. The van der Waals surface area contributed by atoms with E-state index in [-0.39, 0.29) is 12.5 Å². The summed E-state index contributed by atoms with van der Waals surface area (Å²) in [6, 6.07) is 3.37. The quantitative estimate of drug-likeness (QED) is 0.682. The van der Waals surface area contributed by atoms with Crippen LogP contribution in [-0.2, 0) is 13.0 Å². The van der Waals surface area contributed by atoms with E-state index in [0.29, 0.717) is 18.0 Å². The highest BCUT2D eigenvalue weighted by atomic mass is 16.7. The number of hydrogen-bond acceptors (Lipinski definition) is 6. The zero-order valence-corrected chi connectivity index (χ0v) is 10.2. The molecule has 0 fully saturated rings. The van der Waals surface area contributed by atoms with Crippen LogP contribution in [0.4, 0.5) is 0 Å². The number of aromatic hydroxyl groups is 1. The third-order valence-electron chi connectivity index (χ3n) is 2.89. The van der Waals surface area contributed by atoms with E-state index in [0.717, 1.165) is 24.4 Å². The van der Waals surface area contributed by atoms with Gasteiger partial charge in [0, 0.05) is 31.1 Å². The Hall–Kier alpha value is -2.28. The van der Waals surface area contributed by atoms with Gasteiger partial charge in [-0.05, 0) is 6.07 Å². The number of rotatable bonds is 5. The van der Waals surface area contributed by atoms with Gasteiger partial charge in [-0.15, -0.1) is 0 Å². The van der Waals surface area contributed by atoms with Gasteiger partial charge in [-0.3, -0.25) is 5.10 Å². The molecule has 0 aliphatic carbocycles. The molecule has 2 heterocycles. The molecule has 1 aromatic carbocycles. The number of hydrogen-bond donors (Lipinski definition) is 3. The molecule has 3 rings (SSSR count). The molecule has 7 nitrogen and oxygen atoms in total. The zero-order valence-electron chi connectivity index (χ0n) is 10.2. The Morgan fingerprint density at radius 3 is 2.95 bits per heavy atom. The Bertz CT molecular complexity index is 556. The van der Waals surface area contributed by atoms with Crippen molar-refractivity contribution in [2.24, 2.45) is 0 Å². The van der Waals surface area contributed by atoms with Crippen LogP contribution in [0, 0.1) is 0 Å². The normalized spacial score (nSPS) is 12.8. The Morgan fingerprint density at radius 1 is 1.32 bits per heavy atom. The van der Waals surface area contributed by atoms with Crippen molar-refractivity contribution in [1.29, 1.82) is 0 Å². The number of nitrogens with one attached hydrogen (secondary N) is 2. The van der Waals surface area contributed by atoms with Gasteiger partial charge in [0.1, 0.15) is 17.9 Å². The number of aromatic nitrogens is 3. The first-order chi connectivity index (χ1) is 9.33. The van der Waals surface area contributed by atoms with Crippen molar-refractivity contribution < 1.29 is 14.6 Å². The van der Waals surface area contributed by atoms with Crippen LogP contribution in [-0.4, -0.2) is 33.6 Å². The summed E-state index contributed by atoms with van der Waals surface area (Å²) < 4.78 is 10.5. The van der Waals surface area contributed by atoms with Crippen LogP contribution in [0.25, 0.3) is 0 Å². The molecule has 100 valence electrons. The summed E-state index contributed by atoms with van der Waals surface area (Å²) in [4.78, 5) is 4.03. The summed E-state index contributed by atoms with van der Waals surface area (Å²) in [6.45, 7) is 1.50. The molecule has 0 bridgehead atoms. The van der Waals surface area contributed by atoms with E-state index in [1.807, 2.05) is 0 Å². The molecule has 0 atom stereocenters. The number of phenolic OH excluding ortho intramolecular Hbond substituents is 1. The van der Waals surface area contributed by atoms with Crippen LogP contribution in [0.5, 0.6) is 17.2 Å². The smallest absolute Gasteiger partial charge is 0.231 e. The molecule has 0 saturated carbocycles. The fraction of sp³-hybridized carbons (Fsp3) is 0.333. The van der Waals surface area contributed by atoms with Gasteiger partial charge in [0.05, 0.1) is 0 Å². The van der Waals surface area contributed by atoms with Crippen LogP contribution >= 0.6 is 0 Å². The van der Waals surface area contributed by atoms with Crippen LogP contribution in [0.1, 0.15) is 11.4 Å². The Morgan fingerprint density at radius 2 is 2.16 bits per heavy atom. The Kier molecular flexibility index (Phi) is 3.20. The lowest BCUT2D eigenvalue weighted by atomic mass is 10.1. The minimum atomic E-state index is 0.205. The van der Waals surface area contributed by atoms with Crippen LogP contribution < -0.4 is 14.8 Å². The van der Waals surface area contributed by atoms with Gasteiger partial charge in [0.25, 0.3) is 0 Å². The van der Waals surface area contributed by atoms with Gasteiger partial charge < -0.3 is 19.9 Å². The maximum atomic E-state index is 9.85. The second-order valence-corrected chi connectivity index (χ2v) is 4.19. The van der Waals surface area contributed by atoms with Crippen molar-refractivity contribution in [2.45, 2.75) is 13.0 Å². The summed E-state index contributed by atoms with van der Waals surface area (Å²) in [6.07, 6.45) is 2.24. The maximum absolute atomic E-state index is 9.85. The highest BCUT2D eigenvalue weighted by Crippen LogP contribution is 2.37. The Balaban J connectivity index is 1.55. The van der Waals surface area contributed by atoms with Gasteiger partial charge in [0.2, 0.25) is 6.79 Å². The molecule has 0 amide bonds. The second kappa shape index (κ2) is 5.15. The van der Waals surface area contributed by atoms with E-state index in [1.165, 1.54) is 6.33 Å². The van der Waals surface area contributed by atoms with E-state index < -0.39 is 0 Å². The summed E-state index contributed by atoms with van der Waals surface area (Å²) in [7, 11) is 0. The lowest BCUT2D eigenvalue weighted by molar-refractivity contribution is 0.174. The van der Waals surface area contributed by atoms with Crippen LogP contribution in [0.3, 0.4) is 0 Å². The second-order valence-electron chi connectivity index (χ2n) is 4.19. The predicted molar refractivity (Wildman–Crippen MR) is 66.0 cm³/mol. The van der Waals surface area contributed by atoms with Gasteiger partial charge in [-0.2, -0.15) is 5.10 Å². The molecule has 19 heavy (non-hydrogen) atoms. The van der Waals surface area contributed by atoms with Crippen molar-refractivity contribution in [3.05, 3.63) is 29.8 Å². The van der Waals surface area contributed by atoms with Gasteiger partial charge in [-0.25, -0.2) is 4.98 Å². The molecule has 0 radical (unpaired) electrons. The lowest BCUT2D eigenvalue weighted by Crippen LogP contribution is -2.17. The van der Waals surface area contributed by atoms with Crippen molar-refractivity contribution >= 4 is 0 Å². The first-order valence-electron chi connectivity index (χ1n) is 5.99. The first-order valence-corrected chi connectivity index (χ1v) is 5.99. The lowest BCUT2D eigenvalue weighted by Gasteiger charge is -2.07. The van der Waals surface area contributed by atoms with E-state index in [9.17, 15) is 5.11 Å². The summed E-state index contributed by atoms with van der Waals surface area (Å²) in [5.74, 6) is 2.30. The molecule has 1 aliphatic heterocycles. The van der Waals surface area contributed by atoms with Crippen molar-refractivity contribution in [1.82, 2.24) is 20.5 Å². The molecular weight excluding hydrogens is 248 g/mol. The van der Waals surface area contributed by atoms with Crippen LogP contribution in [0.15, 0.2) is 18.5 Å². The topological polar surface area (TPSA) is 92.3 Å². The number of nitrogens with zero attached hydrogens (tertiary/aromatic N) is 2. The molecule has 3 N–H and O–H groups in total. The van der Waals surface area contributed by atoms with E-state index >= 15 is 0 Å². The SMILES string of the molecule is Oc1cc2c(cc1CNCCc1ncn[nH]1)OCO2. The maximum Gasteiger partial charge on any atom is 0.231 e. The average molecular weight is 262 g/mol. The number of phenols is 1. The number of ether oxygens (including phenoxy) is 2. The standard InChI is InChI=1S/C12H14N4O3/c17-9-4-11-10(18-7-19-11)3-8(9)5-13-2-1-12-14-6-15-16-12/h3-4,6,13,17H,1-2,5,7H2,(H,14,15,16). The van der Waals surface area contributed by atoms with Crippen LogP contribution in [0.2, 0.25) is 0 Å². The molecule has 7 heteroatoms. The fourth-order valence-electron chi connectivity index (χ4n) is 1.90. The number of benzene rings is 1. The van der Waals surface area contributed by atoms with Crippen molar-refractivity contribution in [3.8, 4) is 17.2 Å². The predicted octanol–water partition coefficient (Wildman–Crippen LogP) is 0.571. The van der Waals surface area contributed by atoms with E-state index in [2.05, 4.69) is 20.5 Å². The molecule has 0 saturated heterocycles. The fourth-order valence-corrected chi connectivity index (χ4v) is 1.90. The van der Waals surface area contributed by atoms with E-state index in [1.54, 1.807) is 12.1 Å². The monoisotopic (exact) mass is 262 g/mol. The number of fused-ring (bicyclic) bond motifs is 1. The van der Waals surface area contributed by atoms with Crippen molar-refractivity contribution in [2.75, 3.05) is 13.3 Å². The molecule has 0 spiro atoms. The summed E-state index contributed by atoms with van der Waals surface area (Å²) in [5.41, 5.74) is 0.779. The minimum absolute atomic E-state index is 0.205. The highest BCUT2D eigenvalue weighted by Gasteiger charge is 2.16. The van der Waals surface area contributed by atoms with Gasteiger partial charge in [0.15, 0.2) is 11.5 Å². The molecule has 2 aromatic rings. The Labute approximate surface area is 109 Å². The largest absolute Gasteiger partial charge is 0.507 e. The van der Waals surface area contributed by atoms with E-state index in [4.69, 9.17) is 9.47 Å². The summed E-state index contributed by atoms with van der Waals surface area (Å²) in [5, 5.41) is 19.7.